The first-order chi connectivity index (χ1) is 9.34. The number of fused-ring (bicyclic) bond motifs is 1. The lowest BCUT2D eigenvalue weighted by Gasteiger charge is -2.15. The average molecular weight is 256 g/mol. The van der Waals surface area contributed by atoms with Gasteiger partial charge in [-0.15, -0.1) is 0 Å². The molecular weight excluding hydrogens is 236 g/mol. The predicted octanol–water partition coefficient (Wildman–Crippen LogP) is 1.96. The quantitative estimate of drug-likeness (QED) is 0.786. The van der Waals surface area contributed by atoms with Crippen LogP contribution in [0.3, 0.4) is 0 Å². The average Bonchev–Trinajstić information content (AvgIpc) is 2.85. The number of nitrogens with zero attached hydrogens (tertiary/aromatic N) is 1. The Balaban J connectivity index is 1.67. The van der Waals surface area contributed by atoms with Crippen LogP contribution in [0.5, 0.6) is 0 Å². The zero-order chi connectivity index (χ0) is 13.1. The van der Waals surface area contributed by atoms with E-state index in [0.29, 0.717) is 0 Å². The summed E-state index contributed by atoms with van der Waals surface area (Å²) in [5.74, 6) is 0.947. The third-order valence-electron chi connectivity index (χ3n) is 3.58. The molecule has 1 aromatic heterocycles. The number of nitrogens with one attached hydrogen (secondary N) is 3. The molecular formula is C15H20N4. The summed E-state index contributed by atoms with van der Waals surface area (Å²) in [6.07, 6.45) is 4.26. The Bertz CT molecular complexity index is 597. The van der Waals surface area contributed by atoms with Crippen LogP contribution >= 0.6 is 0 Å². The van der Waals surface area contributed by atoms with Gasteiger partial charge >= 0.3 is 0 Å². The maximum Gasteiger partial charge on any atom is 0.191 e. The van der Waals surface area contributed by atoms with Gasteiger partial charge in [-0.05, 0) is 37.0 Å². The molecule has 0 saturated heterocycles. The lowest BCUT2D eigenvalue weighted by molar-refractivity contribution is 0.700. The summed E-state index contributed by atoms with van der Waals surface area (Å²) in [5.41, 5.74) is 3.93. The minimum Gasteiger partial charge on any atom is -0.361 e. The van der Waals surface area contributed by atoms with Crippen molar-refractivity contribution in [2.24, 2.45) is 4.99 Å². The number of aryl methyl sites for hydroxylation is 1. The van der Waals surface area contributed by atoms with Crippen LogP contribution in [-0.2, 0) is 6.42 Å². The molecule has 2 aromatic rings. The van der Waals surface area contributed by atoms with Crippen LogP contribution in [-0.4, -0.2) is 30.6 Å². The van der Waals surface area contributed by atoms with Crippen LogP contribution < -0.4 is 10.6 Å². The third kappa shape index (κ3) is 2.57. The van der Waals surface area contributed by atoms with Crippen molar-refractivity contribution in [1.29, 1.82) is 0 Å². The van der Waals surface area contributed by atoms with Crippen molar-refractivity contribution in [2.75, 3.05) is 19.6 Å². The highest BCUT2D eigenvalue weighted by atomic mass is 15.2. The fourth-order valence-electron chi connectivity index (χ4n) is 2.62. The number of aromatic nitrogens is 1. The summed E-state index contributed by atoms with van der Waals surface area (Å²) in [6.45, 7) is 5.03. The van der Waals surface area contributed by atoms with Gasteiger partial charge in [-0.1, -0.05) is 12.1 Å². The summed E-state index contributed by atoms with van der Waals surface area (Å²) >= 11 is 0. The molecule has 0 saturated carbocycles. The van der Waals surface area contributed by atoms with E-state index in [-0.39, 0.29) is 0 Å². The molecule has 0 radical (unpaired) electrons. The first-order valence-electron chi connectivity index (χ1n) is 6.92. The predicted molar refractivity (Wildman–Crippen MR) is 79.7 cm³/mol. The molecule has 2 heterocycles. The number of H-pyrrole nitrogens is 1. The van der Waals surface area contributed by atoms with Crippen LogP contribution in [0.1, 0.15) is 17.5 Å². The van der Waals surface area contributed by atoms with Crippen LogP contribution in [0.2, 0.25) is 0 Å². The number of rotatable bonds is 3. The Labute approximate surface area is 113 Å². The van der Waals surface area contributed by atoms with E-state index in [1.165, 1.54) is 22.0 Å². The zero-order valence-corrected chi connectivity index (χ0v) is 11.3. The Morgan fingerprint density at radius 1 is 1.37 bits per heavy atom. The Morgan fingerprint density at radius 3 is 3.16 bits per heavy atom. The molecule has 1 aliphatic rings. The third-order valence-corrected chi connectivity index (χ3v) is 3.58. The molecule has 3 N–H and O–H groups in total. The molecule has 100 valence electrons. The van der Waals surface area contributed by atoms with Crippen LogP contribution in [0, 0.1) is 6.92 Å². The standard InChI is InChI=1S/C15H20N4/c1-11-4-2-5-13-14(11)12(10-19-13)6-9-18-15-16-7-3-8-17-15/h2,4-5,10,19H,3,6-9H2,1H3,(H2,16,17,18). The van der Waals surface area contributed by atoms with Gasteiger partial charge in [0.25, 0.3) is 0 Å². The normalized spacial score (nSPS) is 15.1. The van der Waals surface area contributed by atoms with Crippen molar-refractivity contribution in [3.63, 3.8) is 0 Å². The van der Waals surface area contributed by atoms with Crippen molar-refractivity contribution in [1.82, 2.24) is 15.6 Å². The van der Waals surface area contributed by atoms with E-state index in [2.05, 4.69) is 51.9 Å². The van der Waals surface area contributed by atoms with Gasteiger partial charge < -0.3 is 15.6 Å². The highest BCUT2D eigenvalue weighted by Crippen LogP contribution is 2.22. The first kappa shape index (κ1) is 12.1. The molecule has 0 amide bonds. The minimum atomic E-state index is 0.910. The summed E-state index contributed by atoms with van der Waals surface area (Å²) in [7, 11) is 0. The van der Waals surface area contributed by atoms with Gasteiger partial charge in [-0.2, -0.15) is 0 Å². The van der Waals surface area contributed by atoms with Gasteiger partial charge in [0.1, 0.15) is 0 Å². The highest BCUT2D eigenvalue weighted by Gasteiger charge is 2.07. The van der Waals surface area contributed by atoms with Gasteiger partial charge in [0, 0.05) is 36.7 Å². The summed E-state index contributed by atoms with van der Waals surface area (Å²) in [4.78, 5) is 7.76. The number of hydrogen-bond acceptors (Lipinski definition) is 3. The largest absolute Gasteiger partial charge is 0.361 e. The second-order valence-electron chi connectivity index (χ2n) is 5.00. The first-order valence-corrected chi connectivity index (χ1v) is 6.92. The van der Waals surface area contributed by atoms with Crippen LogP contribution in [0.4, 0.5) is 0 Å². The molecule has 0 aliphatic carbocycles. The van der Waals surface area contributed by atoms with Gasteiger partial charge in [0.15, 0.2) is 5.96 Å². The molecule has 3 rings (SSSR count). The maximum atomic E-state index is 4.41. The Morgan fingerprint density at radius 2 is 2.32 bits per heavy atom. The molecule has 1 aromatic carbocycles. The van der Waals surface area contributed by atoms with E-state index >= 15 is 0 Å². The van der Waals surface area contributed by atoms with Gasteiger partial charge in [-0.3, -0.25) is 4.99 Å². The lowest BCUT2D eigenvalue weighted by Crippen LogP contribution is -2.41. The molecule has 0 bridgehead atoms. The van der Waals surface area contributed by atoms with E-state index in [1.807, 2.05) is 0 Å². The number of aromatic amines is 1. The fraction of sp³-hybridized carbons (Fsp3) is 0.400. The minimum absolute atomic E-state index is 0.910. The lowest BCUT2D eigenvalue weighted by atomic mass is 10.1. The Hall–Kier alpha value is -1.97. The molecule has 0 spiro atoms. The second kappa shape index (κ2) is 5.34. The van der Waals surface area contributed by atoms with E-state index < -0.39 is 0 Å². The van der Waals surface area contributed by atoms with Crippen molar-refractivity contribution < 1.29 is 0 Å². The van der Waals surface area contributed by atoms with Crippen LogP contribution in [0.25, 0.3) is 10.9 Å². The fourth-order valence-corrected chi connectivity index (χ4v) is 2.62. The molecule has 1 aliphatic heterocycles. The number of hydrogen-bond donors (Lipinski definition) is 3. The van der Waals surface area contributed by atoms with E-state index in [1.54, 1.807) is 0 Å². The van der Waals surface area contributed by atoms with Gasteiger partial charge in [0.05, 0.1) is 0 Å². The van der Waals surface area contributed by atoms with E-state index in [9.17, 15) is 0 Å². The molecule has 19 heavy (non-hydrogen) atoms. The molecule has 4 nitrogen and oxygen atoms in total. The molecule has 0 atom stereocenters. The SMILES string of the molecule is Cc1cccc2[nH]cc(CCNC3=NCCCN3)c12. The highest BCUT2D eigenvalue weighted by molar-refractivity contribution is 5.86. The molecule has 0 fully saturated rings. The van der Waals surface area contributed by atoms with Crippen LogP contribution in [0.15, 0.2) is 29.4 Å². The zero-order valence-electron chi connectivity index (χ0n) is 11.3. The van der Waals surface area contributed by atoms with Gasteiger partial charge in [-0.25, -0.2) is 0 Å². The molecule has 0 unspecified atom stereocenters. The van der Waals surface area contributed by atoms with E-state index in [4.69, 9.17) is 0 Å². The Kier molecular flexibility index (Phi) is 3.40. The monoisotopic (exact) mass is 256 g/mol. The summed E-state index contributed by atoms with van der Waals surface area (Å²) in [5, 5.41) is 8.01. The maximum absolute atomic E-state index is 4.41. The topological polar surface area (TPSA) is 52.2 Å². The molecule has 4 heteroatoms. The second-order valence-corrected chi connectivity index (χ2v) is 5.00. The van der Waals surface area contributed by atoms with Crippen molar-refractivity contribution in [2.45, 2.75) is 19.8 Å². The van der Waals surface area contributed by atoms with Crippen molar-refractivity contribution in [3.8, 4) is 0 Å². The number of aliphatic imine (C=N–C) groups is 1. The van der Waals surface area contributed by atoms with Gasteiger partial charge in [0.2, 0.25) is 0 Å². The smallest absolute Gasteiger partial charge is 0.191 e. The van der Waals surface area contributed by atoms with Crippen molar-refractivity contribution in [3.05, 3.63) is 35.5 Å². The number of benzene rings is 1. The number of guanidine groups is 1. The summed E-state index contributed by atoms with van der Waals surface area (Å²) < 4.78 is 0. The van der Waals surface area contributed by atoms with E-state index in [0.717, 1.165) is 38.4 Å². The van der Waals surface area contributed by atoms with Crippen molar-refractivity contribution >= 4 is 16.9 Å². The summed E-state index contributed by atoms with van der Waals surface area (Å²) in [6, 6.07) is 6.39.